The summed E-state index contributed by atoms with van der Waals surface area (Å²) in [6.07, 6.45) is 3.59. The van der Waals surface area contributed by atoms with E-state index in [-0.39, 0.29) is 17.4 Å². The van der Waals surface area contributed by atoms with Crippen molar-refractivity contribution in [2.75, 3.05) is 18.0 Å². The predicted octanol–water partition coefficient (Wildman–Crippen LogP) is 2.54. The summed E-state index contributed by atoms with van der Waals surface area (Å²) >= 11 is 0. The van der Waals surface area contributed by atoms with Crippen LogP contribution in [0.3, 0.4) is 0 Å². The zero-order valence-corrected chi connectivity index (χ0v) is 12.8. The molecule has 1 N–H and O–H groups in total. The fourth-order valence-electron chi connectivity index (χ4n) is 2.61. The second-order valence-corrected chi connectivity index (χ2v) is 5.63. The molecule has 1 aliphatic heterocycles. The van der Waals surface area contributed by atoms with Crippen LogP contribution in [0.15, 0.2) is 36.4 Å². The van der Waals surface area contributed by atoms with Gasteiger partial charge in [0.25, 0.3) is 5.91 Å². The van der Waals surface area contributed by atoms with Gasteiger partial charge >= 0.3 is 0 Å². The van der Waals surface area contributed by atoms with E-state index >= 15 is 0 Å². The average molecular weight is 314 g/mol. The monoisotopic (exact) mass is 314 g/mol. The normalized spacial score (nSPS) is 14.6. The van der Waals surface area contributed by atoms with Crippen molar-refractivity contribution in [2.45, 2.75) is 25.8 Å². The van der Waals surface area contributed by atoms with Gasteiger partial charge in [0, 0.05) is 19.6 Å². The lowest BCUT2D eigenvalue weighted by Crippen LogP contribution is -2.31. The van der Waals surface area contributed by atoms with Gasteiger partial charge in [-0.1, -0.05) is 12.1 Å². The Labute approximate surface area is 134 Å². The number of hydrogen-bond donors (Lipinski definition) is 1. The van der Waals surface area contributed by atoms with Crippen LogP contribution in [0.25, 0.3) is 0 Å². The lowest BCUT2D eigenvalue weighted by molar-refractivity contribution is 0.0945. The minimum Gasteiger partial charge on any atom is -0.355 e. The summed E-state index contributed by atoms with van der Waals surface area (Å²) in [6.45, 7) is 2.31. The van der Waals surface area contributed by atoms with E-state index in [9.17, 15) is 9.18 Å². The van der Waals surface area contributed by atoms with Crippen molar-refractivity contribution in [3.05, 3.63) is 53.5 Å². The Morgan fingerprint density at radius 1 is 1.04 bits per heavy atom. The maximum absolute atomic E-state index is 12.8. The molecule has 2 heterocycles. The van der Waals surface area contributed by atoms with Gasteiger partial charge in [-0.15, -0.1) is 10.2 Å². The molecule has 1 aromatic heterocycles. The molecular weight excluding hydrogens is 295 g/mol. The first-order valence-electron chi connectivity index (χ1n) is 7.84. The van der Waals surface area contributed by atoms with Crippen molar-refractivity contribution in [3.63, 3.8) is 0 Å². The molecule has 0 atom stereocenters. The Kier molecular flexibility index (Phi) is 4.80. The van der Waals surface area contributed by atoms with Gasteiger partial charge in [0.15, 0.2) is 11.5 Å². The zero-order valence-electron chi connectivity index (χ0n) is 12.8. The fourth-order valence-corrected chi connectivity index (χ4v) is 2.61. The predicted molar refractivity (Wildman–Crippen MR) is 85.7 cm³/mol. The number of amides is 1. The van der Waals surface area contributed by atoms with Crippen LogP contribution in [0.2, 0.25) is 0 Å². The molecule has 0 aliphatic carbocycles. The molecule has 23 heavy (non-hydrogen) atoms. The third-order valence-corrected chi connectivity index (χ3v) is 3.93. The lowest BCUT2D eigenvalue weighted by atomic mass is 10.1. The first-order chi connectivity index (χ1) is 11.2. The SMILES string of the molecule is O=C(NCc1ccc(F)cc1)c1ccc(N2CCCCC2)nn1. The molecule has 1 saturated heterocycles. The van der Waals surface area contributed by atoms with Crippen LogP contribution >= 0.6 is 0 Å². The minimum absolute atomic E-state index is 0.285. The van der Waals surface area contributed by atoms with Gasteiger partial charge in [-0.3, -0.25) is 4.79 Å². The van der Waals surface area contributed by atoms with Crippen LogP contribution < -0.4 is 10.2 Å². The summed E-state index contributed by atoms with van der Waals surface area (Å²) in [7, 11) is 0. The highest BCUT2D eigenvalue weighted by Crippen LogP contribution is 2.16. The molecule has 0 radical (unpaired) electrons. The number of carbonyl (C=O) groups is 1. The highest BCUT2D eigenvalue weighted by atomic mass is 19.1. The summed E-state index contributed by atoms with van der Waals surface area (Å²) in [5.74, 6) is 0.242. The molecule has 0 bridgehead atoms. The maximum atomic E-state index is 12.8. The first kappa shape index (κ1) is 15.4. The highest BCUT2D eigenvalue weighted by Gasteiger charge is 2.14. The van der Waals surface area contributed by atoms with Crippen molar-refractivity contribution in [2.24, 2.45) is 0 Å². The number of benzene rings is 1. The highest BCUT2D eigenvalue weighted by molar-refractivity contribution is 5.92. The van der Waals surface area contributed by atoms with Gasteiger partial charge in [-0.25, -0.2) is 4.39 Å². The molecule has 1 amide bonds. The number of nitrogens with one attached hydrogen (secondary N) is 1. The number of carbonyl (C=O) groups excluding carboxylic acids is 1. The second-order valence-electron chi connectivity index (χ2n) is 5.63. The van der Waals surface area contributed by atoms with Crippen LogP contribution in [0.5, 0.6) is 0 Å². The van der Waals surface area contributed by atoms with Gasteiger partial charge in [0.1, 0.15) is 5.82 Å². The van der Waals surface area contributed by atoms with Crippen LogP contribution in [-0.4, -0.2) is 29.2 Å². The topological polar surface area (TPSA) is 58.1 Å². The molecule has 120 valence electrons. The van der Waals surface area contributed by atoms with Crippen molar-refractivity contribution in [3.8, 4) is 0 Å². The van der Waals surface area contributed by atoms with Gasteiger partial charge in [-0.05, 0) is 49.1 Å². The van der Waals surface area contributed by atoms with E-state index in [4.69, 9.17) is 0 Å². The van der Waals surface area contributed by atoms with Crippen LogP contribution in [0.4, 0.5) is 10.2 Å². The van der Waals surface area contributed by atoms with Crippen LogP contribution in [0.1, 0.15) is 35.3 Å². The number of hydrogen-bond acceptors (Lipinski definition) is 4. The number of anilines is 1. The minimum atomic E-state index is -0.292. The molecule has 1 fully saturated rings. The molecular formula is C17H19FN4O. The lowest BCUT2D eigenvalue weighted by Gasteiger charge is -2.27. The smallest absolute Gasteiger partial charge is 0.272 e. The van der Waals surface area contributed by atoms with E-state index in [0.717, 1.165) is 24.5 Å². The molecule has 1 aromatic carbocycles. The molecule has 2 aromatic rings. The first-order valence-corrected chi connectivity index (χ1v) is 7.84. The average Bonchev–Trinajstić information content (AvgIpc) is 2.62. The summed E-state index contributed by atoms with van der Waals surface area (Å²) < 4.78 is 12.8. The molecule has 3 rings (SSSR count). The van der Waals surface area contributed by atoms with E-state index in [2.05, 4.69) is 20.4 Å². The van der Waals surface area contributed by atoms with Gasteiger partial charge in [0.05, 0.1) is 0 Å². The maximum Gasteiger partial charge on any atom is 0.272 e. The largest absolute Gasteiger partial charge is 0.355 e. The Morgan fingerprint density at radius 3 is 2.43 bits per heavy atom. The molecule has 0 saturated carbocycles. The van der Waals surface area contributed by atoms with Crippen LogP contribution in [0, 0.1) is 5.82 Å². The van der Waals surface area contributed by atoms with E-state index in [1.807, 2.05) is 6.07 Å². The molecule has 0 spiro atoms. The Hall–Kier alpha value is -2.50. The summed E-state index contributed by atoms with van der Waals surface area (Å²) in [5, 5.41) is 10.9. The molecule has 5 nitrogen and oxygen atoms in total. The number of halogens is 1. The third-order valence-electron chi connectivity index (χ3n) is 3.93. The summed E-state index contributed by atoms with van der Waals surface area (Å²) in [4.78, 5) is 14.3. The zero-order chi connectivity index (χ0) is 16.1. The van der Waals surface area contributed by atoms with Gasteiger partial charge < -0.3 is 10.2 Å². The quantitative estimate of drug-likeness (QED) is 0.942. The number of aromatic nitrogens is 2. The third kappa shape index (κ3) is 4.03. The number of piperidine rings is 1. The van der Waals surface area contributed by atoms with Crippen molar-refractivity contribution in [1.82, 2.24) is 15.5 Å². The Bertz CT molecular complexity index is 651. The van der Waals surface area contributed by atoms with Gasteiger partial charge in [0.2, 0.25) is 0 Å². The van der Waals surface area contributed by atoms with E-state index < -0.39 is 0 Å². The molecule has 0 unspecified atom stereocenters. The molecule has 6 heteroatoms. The van der Waals surface area contributed by atoms with E-state index in [0.29, 0.717) is 6.54 Å². The summed E-state index contributed by atoms with van der Waals surface area (Å²) in [6, 6.07) is 9.55. The summed E-state index contributed by atoms with van der Waals surface area (Å²) in [5.41, 5.74) is 1.12. The van der Waals surface area contributed by atoms with Crippen molar-refractivity contribution >= 4 is 11.7 Å². The fraction of sp³-hybridized carbons (Fsp3) is 0.353. The van der Waals surface area contributed by atoms with E-state index in [1.54, 1.807) is 18.2 Å². The number of nitrogens with zero attached hydrogens (tertiary/aromatic N) is 3. The van der Waals surface area contributed by atoms with Crippen LogP contribution in [-0.2, 0) is 6.54 Å². The van der Waals surface area contributed by atoms with E-state index in [1.165, 1.54) is 31.4 Å². The second kappa shape index (κ2) is 7.17. The Balaban J connectivity index is 1.57. The van der Waals surface area contributed by atoms with Gasteiger partial charge in [-0.2, -0.15) is 0 Å². The standard InChI is InChI=1S/C17H19FN4O/c18-14-6-4-13(5-7-14)12-19-17(23)15-8-9-16(21-20-15)22-10-2-1-3-11-22/h4-9H,1-3,10-12H2,(H,19,23). The Morgan fingerprint density at radius 2 is 1.78 bits per heavy atom. The van der Waals surface area contributed by atoms with Crippen molar-refractivity contribution < 1.29 is 9.18 Å². The number of rotatable bonds is 4. The molecule has 1 aliphatic rings. The van der Waals surface area contributed by atoms with Crippen molar-refractivity contribution in [1.29, 1.82) is 0 Å².